The van der Waals surface area contributed by atoms with Crippen molar-refractivity contribution < 1.29 is 5.11 Å². The topological polar surface area (TPSA) is 49.5 Å². The van der Waals surface area contributed by atoms with E-state index in [2.05, 4.69) is 18.7 Å². The molecule has 1 rings (SSSR count). The van der Waals surface area contributed by atoms with Gasteiger partial charge in [0, 0.05) is 12.1 Å². The Hall–Kier alpha value is -0.120. The van der Waals surface area contributed by atoms with E-state index in [0.29, 0.717) is 0 Å². The molecule has 1 heterocycles. The maximum atomic E-state index is 9.07. The summed E-state index contributed by atoms with van der Waals surface area (Å²) in [5, 5.41) is 9.07. The van der Waals surface area contributed by atoms with Crippen LogP contribution in [-0.4, -0.2) is 41.8 Å². The number of piperidine rings is 1. The molecule has 0 bridgehead atoms. The Labute approximate surface area is 100 Å². The average molecular weight is 228 g/mol. The minimum Gasteiger partial charge on any atom is -0.394 e. The highest BCUT2D eigenvalue weighted by atomic mass is 16.3. The lowest BCUT2D eigenvalue weighted by atomic mass is 9.88. The number of rotatable bonds is 5. The van der Waals surface area contributed by atoms with E-state index in [4.69, 9.17) is 10.8 Å². The van der Waals surface area contributed by atoms with E-state index in [1.807, 2.05) is 6.92 Å². The van der Waals surface area contributed by atoms with Gasteiger partial charge in [-0.2, -0.15) is 0 Å². The molecule has 3 nitrogen and oxygen atoms in total. The predicted octanol–water partition coefficient (Wildman–Crippen LogP) is 1.45. The summed E-state index contributed by atoms with van der Waals surface area (Å²) in [4.78, 5) is 2.54. The molecule has 3 atom stereocenters. The third kappa shape index (κ3) is 4.40. The molecule has 3 unspecified atom stereocenters. The van der Waals surface area contributed by atoms with Crippen molar-refractivity contribution in [3.63, 3.8) is 0 Å². The SMILES string of the molecule is CC1CCN(CCCC(C)(N)CO)CC1C. The van der Waals surface area contributed by atoms with Crippen LogP contribution >= 0.6 is 0 Å². The smallest absolute Gasteiger partial charge is 0.0608 e. The molecule has 0 spiro atoms. The molecule has 0 aliphatic carbocycles. The van der Waals surface area contributed by atoms with E-state index in [1.54, 1.807) is 0 Å². The van der Waals surface area contributed by atoms with Crippen molar-refractivity contribution in [1.29, 1.82) is 0 Å². The summed E-state index contributed by atoms with van der Waals surface area (Å²) < 4.78 is 0. The molecule has 0 radical (unpaired) electrons. The number of likely N-dealkylation sites (tertiary alicyclic amines) is 1. The van der Waals surface area contributed by atoms with E-state index in [1.165, 1.54) is 19.5 Å². The van der Waals surface area contributed by atoms with Crippen molar-refractivity contribution in [3.8, 4) is 0 Å². The van der Waals surface area contributed by atoms with Gasteiger partial charge in [-0.1, -0.05) is 13.8 Å². The summed E-state index contributed by atoms with van der Waals surface area (Å²) in [6.45, 7) is 10.3. The maximum absolute atomic E-state index is 9.07. The van der Waals surface area contributed by atoms with Gasteiger partial charge in [-0.15, -0.1) is 0 Å². The van der Waals surface area contributed by atoms with E-state index in [-0.39, 0.29) is 6.61 Å². The molecule has 3 N–H and O–H groups in total. The molecular weight excluding hydrogens is 200 g/mol. The van der Waals surface area contributed by atoms with Crippen molar-refractivity contribution >= 4 is 0 Å². The molecule has 96 valence electrons. The zero-order chi connectivity index (χ0) is 12.2. The monoisotopic (exact) mass is 228 g/mol. The van der Waals surface area contributed by atoms with Crippen molar-refractivity contribution in [2.24, 2.45) is 17.6 Å². The van der Waals surface area contributed by atoms with Crippen LogP contribution in [0.3, 0.4) is 0 Å². The highest BCUT2D eigenvalue weighted by molar-refractivity contribution is 4.79. The Balaban J connectivity index is 2.19. The van der Waals surface area contributed by atoms with Crippen LogP contribution in [0.25, 0.3) is 0 Å². The minimum atomic E-state index is -0.394. The summed E-state index contributed by atoms with van der Waals surface area (Å²) in [6.07, 6.45) is 3.32. The van der Waals surface area contributed by atoms with Crippen molar-refractivity contribution in [1.82, 2.24) is 4.90 Å². The molecule has 16 heavy (non-hydrogen) atoms. The van der Waals surface area contributed by atoms with E-state index in [0.717, 1.165) is 31.2 Å². The number of aliphatic hydroxyl groups excluding tert-OH is 1. The quantitative estimate of drug-likeness (QED) is 0.749. The Bertz CT molecular complexity index is 206. The molecule has 0 amide bonds. The average Bonchev–Trinajstić information content (AvgIpc) is 2.23. The first-order valence-electron chi connectivity index (χ1n) is 6.57. The third-order valence-corrected chi connectivity index (χ3v) is 4.00. The van der Waals surface area contributed by atoms with Gasteiger partial charge in [-0.25, -0.2) is 0 Å². The highest BCUT2D eigenvalue weighted by Crippen LogP contribution is 2.22. The zero-order valence-corrected chi connectivity index (χ0v) is 11.1. The van der Waals surface area contributed by atoms with Gasteiger partial charge >= 0.3 is 0 Å². The highest BCUT2D eigenvalue weighted by Gasteiger charge is 2.23. The molecule has 1 aliphatic rings. The van der Waals surface area contributed by atoms with Gasteiger partial charge in [0.1, 0.15) is 0 Å². The molecule has 0 saturated carbocycles. The first-order valence-corrected chi connectivity index (χ1v) is 6.57. The van der Waals surface area contributed by atoms with Crippen LogP contribution in [-0.2, 0) is 0 Å². The first-order chi connectivity index (χ1) is 7.44. The van der Waals surface area contributed by atoms with E-state index < -0.39 is 5.54 Å². The van der Waals surface area contributed by atoms with Crippen molar-refractivity contribution in [2.45, 2.75) is 45.6 Å². The second-order valence-electron chi connectivity index (χ2n) is 5.96. The summed E-state index contributed by atoms with van der Waals surface area (Å²) in [6, 6.07) is 0. The number of nitrogens with two attached hydrogens (primary N) is 1. The molecule has 1 saturated heterocycles. The van der Waals surface area contributed by atoms with E-state index in [9.17, 15) is 0 Å². The first kappa shape index (κ1) is 13.9. The van der Waals surface area contributed by atoms with E-state index >= 15 is 0 Å². The molecule has 1 aliphatic heterocycles. The van der Waals surface area contributed by atoms with Crippen LogP contribution in [0.1, 0.15) is 40.0 Å². The third-order valence-electron chi connectivity index (χ3n) is 4.00. The van der Waals surface area contributed by atoms with Crippen LogP contribution in [0.2, 0.25) is 0 Å². The maximum Gasteiger partial charge on any atom is 0.0608 e. The molecule has 1 fully saturated rings. The van der Waals surface area contributed by atoms with Gasteiger partial charge < -0.3 is 15.7 Å². The summed E-state index contributed by atoms with van der Waals surface area (Å²) >= 11 is 0. The van der Waals surface area contributed by atoms with Gasteiger partial charge in [0.25, 0.3) is 0 Å². The zero-order valence-electron chi connectivity index (χ0n) is 11.1. The summed E-state index contributed by atoms with van der Waals surface area (Å²) in [5.41, 5.74) is 5.52. The molecule has 3 heteroatoms. The number of hydrogen-bond acceptors (Lipinski definition) is 3. The van der Waals surface area contributed by atoms with Gasteiger partial charge in [-0.05, 0) is 51.1 Å². The Kier molecular flexibility index (Phi) is 5.22. The van der Waals surface area contributed by atoms with Crippen LogP contribution in [0.5, 0.6) is 0 Å². The molecular formula is C13H28N2O. The minimum absolute atomic E-state index is 0.0838. The van der Waals surface area contributed by atoms with Crippen LogP contribution < -0.4 is 5.73 Å². The Morgan fingerprint density at radius 2 is 2.06 bits per heavy atom. The number of hydrogen-bond donors (Lipinski definition) is 2. The predicted molar refractivity (Wildman–Crippen MR) is 68.3 cm³/mol. The fourth-order valence-electron chi connectivity index (χ4n) is 2.34. The van der Waals surface area contributed by atoms with Gasteiger partial charge in [-0.3, -0.25) is 0 Å². The lowest BCUT2D eigenvalue weighted by Gasteiger charge is -2.35. The normalized spacial score (nSPS) is 31.3. The Morgan fingerprint density at radius 1 is 1.38 bits per heavy atom. The van der Waals surface area contributed by atoms with Gasteiger partial charge in [0.05, 0.1) is 6.61 Å². The lowest BCUT2D eigenvalue weighted by Crippen LogP contribution is -2.42. The number of aliphatic hydroxyl groups is 1. The lowest BCUT2D eigenvalue weighted by molar-refractivity contribution is 0.129. The summed E-state index contributed by atoms with van der Waals surface area (Å²) in [5.74, 6) is 1.68. The van der Waals surface area contributed by atoms with Crippen molar-refractivity contribution in [3.05, 3.63) is 0 Å². The van der Waals surface area contributed by atoms with Crippen molar-refractivity contribution in [2.75, 3.05) is 26.2 Å². The Morgan fingerprint density at radius 3 is 2.62 bits per heavy atom. The van der Waals surface area contributed by atoms with Crippen LogP contribution in [0, 0.1) is 11.8 Å². The summed E-state index contributed by atoms with van der Waals surface area (Å²) in [7, 11) is 0. The molecule has 0 aromatic rings. The molecule has 0 aromatic carbocycles. The number of nitrogens with zero attached hydrogens (tertiary/aromatic N) is 1. The fraction of sp³-hybridized carbons (Fsp3) is 1.00. The van der Waals surface area contributed by atoms with Gasteiger partial charge in [0.2, 0.25) is 0 Å². The van der Waals surface area contributed by atoms with Gasteiger partial charge in [0.15, 0.2) is 0 Å². The van der Waals surface area contributed by atoms with Crippen LogP contribution in [0.15, 0.2) is 0 Å². The fourth-order valence-corrected chi connectivity index (χ4v) is 2.34. The second kappa shape index (κ2) is 5.99. The standard InChI is InChI=1S/C13H28N2O/c1-11-5-8-15(9-12(11)2)7-4-6-13(3,14)10-16/h11-12,16H,4-10,14H2,1-3H3. The molecule has 0 aromatic heterocycles. The van der Waals surface area contributed by atoms with Crippen LogP contribution in [0.4, 0.5) is 0 Å². The largest absolute Gasteiger partial charge is 0.394 e. The second-order valence-corrected chi connectivity index (χ2v) is 5.96.